The highest BCUT2D eigenvalue weighted by Crippen LogP contribution is 2.48. The van der Waals surface area contributed by atoms with E-state index in [1.54, 1.807) is 11.3 Å². The van der Waals surface area contributed by atoms with Gasteiger partial charge in [0.1, 0.15) is 0 Å². The van der Waals surface area contributed by atoms with Crippen LogP contribution in [0.4, 0.5) is 0 Å². The molecule has 0 N–H and O–H groups in total. The molecule has 4 aromatic rings. The molecule has 0 saturated heterocycles. The van der Waals surface area contributed by atoms with Gasteiger partial charge in [0.25, 0.3) is 0 Å². The Hall–Kier alpha value is -3.08. The third-order valence-corrected chi connectivity index (χ3v) is 6.54. The van der Waals surface area contributed by atoms with Crippen LogP contribution in [0.25, 0.3) is 21.6 Å². The lowest BCUT2D eigenvalue weighted by Gasteiger charge is -2.21. The van der Waals surface area contributed by atoms with Gasteiger partial charge in [0.05, 0.1) is 0 Å². The lowest BCUT2D eigenvalue weighted by Crippen LogP contribution is -2.14. The fourth-order valence-corrected chi connectivity index (χ4v) is 4.82. The molecule has 1 aromatic heterocycles. The van der Waals surface area contributed by atoms with Crippen LogP contribution in [0.3, 0.4) is 0 Å². The van der Waals surface area contributed by atoms with E-state index < -0.39 is 0 Å². The Morgan fingerprint density at radius 3 is 2.18 bits per heavy atom. The summed E-state index contributed by atoms with van der Waals surface area (Å²) in [5.41, 5.74) is 8.85. The predicted octanol–water partition coefficient (Wildman–Crippen LogP) is 7.12. The fourth-order valence-electron chi connectivity index (χ4n) is 4.09. The quantitative estimate of drug-likeness (QED) is 0.310. The number of hydrogen-bond donors (Lipinski definition) is 0. The van der Waals surface area contributed by atoms with Gasteiger partial charge in [-0.3, -0.25) is 0 Å². The molecule has 5 rings (SSSR count). The van der Waals surface area contributed by atoms with Crippen molar-refractivity contribution in [3.05, 3.63) is 106 Å². The molecule has 134 valence electrons. The summed E-state index contributed by atoms with van der Waals surface area (Å²) in [5.74, 6) is 6.69. The minimum Gasteiger partial charge on any atom is -0.144 e. The first-order valence-electron chi connectivity index (χ1n) is 9.53. The van der Waals surface area contributed by atoms with Crippen molar-refractivity contribution in [3.8, 4) is 33.4 Å². The van der Waals surface area contributed by atoms with Crippen molar-refractivity contribution in [1.82, 2.24) is 0 Å². The molecular formula is C27H20S. The topological polar surface area (TPSA) is 0 Å². The van der Waals surface area contributed by atoms with E-state index in [0.29, 0.717) is 0 Å². The van der Waals surface area contributed by atoms with Gasteiger partial charge < -0.3 is 0 Å². The normalized spacial score (nSPS) is 13.4. The van der Waals surface area contributed by atoms with Gasteiger partial charge in [0, 0.05) is 21.4 Å². The predicted molar refractivity (Wildman–Crippen MR) is 120 cm³/mol. The van der Waals surface area contributed by atoms with Gasteiger partial charge in [-0.15, -0.1) is 11.3 Å². The number of thiophene rings is 1. The highest BCUT2D eigenvalue weighted by Gasteiger charge is 2.34. The van der Waals surface area contributed by atoms with Crippen LogP contribution in [-0.4, -0.2) is 0 Å². The summed E-state index contributed by atoms with van der Waals surface area (Å²) < 4.78 is 0. The van der Waals surface area contributed by atoms with Crippen LogP contribution in [0.5, 0.6) is 0 Å². The molecule has 3 aromatic carbocycles. The highest BCUT2D eigenvalue weighted by atomic mass is 32.1. The lowest BCUT2D eigenvalue weighted by molar-refractivity contribution is 0.660. The summed E-state index contributed by atoms with van der Waals surface area (Å²) >= 11 is 1.76. The van der Waals surface area contributed by atoms with E-state index in [1.807, 2.05) is 0 Å². The van der Waals surface area contributed by atoms with Gasteiger partial charge in [-0.05, 0) is 63.5 Å². The van der Waals surface area contributed by atoms with E-state index >= 15 is 0 Å². The Bertz CT molecular complexity index is 1210. The van der Waals surface area contributed by atoms with Crippen LogP contribution in [-0.2, 0) is 5.41 Å². The molecule has 28 heavy (non-hydrogen) atoms. The van der Waals surface area contributed by atoms with Gasteiger partial charge in [0.15, 0.2) is 0 Å². The second-order valence-electron chi connectivity index (χ2n) is 7.74. The molecule has 0 radical (unpaired) electrons. The smallest absolute Gasteiger partial charge is 0.0342 e. The SMILES string of the molecule is CC1(C)c2ccccc2-c2ccc(C#Cc3ccc(-c4cccs4)cc3)cc21. The molecule has 0 unspecified atom stereocenters. The van der Waals surface area contributed by atoms with Crippen LogP contribution in [0.15, 0.2) is 84.2 Å². The Balaban J connectivity index is 1.47. The molecule has 0 bridgehead atoms. The third-order valence-electron chi connectivity index (χ3n) is 5.63. The van der Waals surface area contributed by atoms with Crippen molar-refractivity contribution < 1.29 is 0 Å². The average molecular weight is 377 g/mol. The molecule has 1 heterocycles. The summed E-state index contributed by atoms with van der Waals surface area (Å²) in [6.07, 6.45) is 0. The van der Waals surface area contributed by atoms with E-state index in [0.717, 1.165) is 11.1 Å². The molecular weight excluding hydrogens is 356 g/mol. The van der Waals surface area contributed by atoms with Crippen molar-refractivity contribution in [2.75, 3.05) is 0 Å². The minimum absolute atomic E-state index is 0.0198. The Morgan fingerprint density at radius 2 is 1.39 bits per heavy atom. The molecule has 0 fully saturated rings. The van der Waals surface area contributed by atoms with Crippen molar-refractivity contribution in [2.45, 2.75) is 19.3 Å². The van der Waals surface area contributed by atoms with E-state index in [9.17, 15) is 0 Å². The van der Waals surface area contributed by atoms with Gasteiger partial charge in [-0.1, -0.05) is 74.2 Å². The zero-order chi connectivity index (χ0) is 19.1. The summed E-state index contributed by atoms with van der Waals surface area (Å²) in [4.78, 5) is 1.29. The first kappa shape index (κ1) is 17.0. The standard InChI is InChI=1S/C27H20S/c1-27(2)24-7-4-3-6-22(24)23-16-13-20(18-25(23)27)10-9-19-11-14-21(15-12-19)26-8-5-17-28-26/h3-8,11-18H,1-2H3. The zero-order valence-electron chi connectivity index (χ0n) is 16.0. The zero-order valence-corrected chi connectivity index (χ0v) is 16.8. The molecule has 0 atom stereocenters. The number of hydrogen-bond acceptors (Lipinski definition) is 1. The second-order valence-corrected chi connectivity index (χ2v) is 8.68. The van der Waals surface area contributed by atoms with Gasteiger partial charge >= 0.3 is 0 Å². The summed E-state index contributed by atoms with van der Waals surface area (Å²) in [6.45, 7) is 4.61. The molecule has 0 spiro atoms. The third kappa shape index (κ3) is 2.78. The molecule has 1 aliphatic carbocycles. The first-order chi connectivity index (χ1) is 13.6. The van der Waals surface area contributed by atoms with Crippen LogP contribution >= 0.6 is 11.3 Å². The van der Waals surface area contributed by atoms with Crippen LogP contribution in [0, 0.1) is 11.8 Å². The van der Waals surface area contributed by atoms with Crippen LogP contribution in [0.2, 0.25) is 0 Å². The maximum atomic E-state index is 3.36. The van der Waals surface area contributed by atoms with Crippen molar-refractivity contribution >= 4 is 11.3 Å². The van der Waals surface area contributed by atoms with Crippen LogP contribution in [0.1, 0.15) is 36.1 Å². The largest absolute Gasteiger partial charge is 0.144 e. The van der Waals surface area contributed by atoms with Crippen molar-refractivity contribution in [2.24, 2.45) is 0 Å². The molecule has 0 amide bonds. The number of benzene rings is 3. The van der Waals surface area contributed by atoms with Gasteiger partial charge in [-0.25, -0.2) is 0 Å². The Labute approximate surface area is 170 Å². The van der Waals surface area contributed by atoms with E-state index in [4.69, 9.17) is 0 Å². The molecule has 0 aliphatic heterocycles. The maximum Gasteiger partial charge on any atom is 0.0342 e. The molecule has 1 heteroatoms. The van der Waals surface area contributed by atoms with Crippen LogP contribution < -0.4 is 0 Å². The van der Waals surface area contributed by atoms with Gasteiger partial charge in [0.2, 0.25) is 0 Å². The first-order valence-corrected chi connectivity index (χ1v) is 10.4. The molecule has 0 saturated carbocycles. The fraction of sp³-hybridized carbons (Fsp3) is 0.111. The van der Waals surface area contributed by atoms with Gasteiger partial charge in [-0.2, -0.15) is 0 Å². The Morgan fingerprint density at radius 1 is 0.679 bits per heavy atom. The van der Waals surface area contributed by atoms with Crippen molar-refractivity contribution in [1.29, 1.82) is 0 Å². The molecule has 1 aliphatic rings. The molecule has 0 nitrogen and oxygen atoms in total. The highest BCUT2D eigenvalue weighted by molar-refractivity contribution is 7.13. The second kappa shape index (κ2) is 6.51. The van der Waals surface area contributed by atoms with E-state index in [1.165, 1.54) is 32.7 Å². The summed E-state index contributed by atoms with van der Waals surface area (Å²) in [7, 11) is 0. The monoisotopic (exact) mass is 376 g/mol. The Kier molecular flexibility index (Phi) is 3.97. The van der Waals surface area contributed by atoms with Crippen molar-refractivity contribution in [3.63, 3.8) is 0 Å². The number of fused-ring (bicyclic) bond motifs is 3. The summed E-state index contributed by atoms with van der Waals surface area (Å²) in [6, 6.07) is 28.1. The summed E-state index contributed by atoms with van der Waals surface area (Å²) in [5, 5.41) is 2.11. The number of rotatable bonds is 1. The van der Waals surface area contributed by atoms with E-state index in [-0.39, 0.29) is 5.41 Å². The van der Waals surface area contributed by atoms with E-state index in [2.05, 4.69) is 110 Å². The maximum absolute atomic E-state index is 3.36. The average Bonchev–Trinajstić information content (AvgIpc) is 3.34. The minimum atomic E-state index is 0.0198. The lowest BCUT2D eigenvalue weighted by atomic mass is 9.82.